The summed E-state index contributed by atoms with van der Waals surface area (Å²) in [7, 11) is 0. The van der Waals surface area contributed by atoms with Gasteiger partial charge in [0.2, 0.25) is 5.91 Å². The second kappa shape index (κ2) is 4.09. The van der Waals surface area contributed by atoms with Crippen LogP contribution in [0.15, 0.2) is 24.3 Å². The van der Waals surface area contributed by atoms with Gasteiger partial charge in [0.1, 0.15) is 0 Å². The number of nitrogens with two attached hydrogens (primary N) is 1. The number of amides is 1. The molecule has 1 unspecified atom stereocenters. The highest BCUT2D eigenvalue weighted by Gasteiger charge is 2.38. The summed E-state index contributed by atoms with van der Waals surface area (Å²) < 4.78 is 0. The molecular formula is C15H20N2O. The third-order valence-corrected chi connectivity index (χ3v) is 4.37. The van der Waals surface area contributed by atoms with Gasteiger partial charge in [-0.25, -0.2) is 0 Å². The van der Waals surface area contributed by atoms with Crippen molar-refractivity contribution in [2.75, 3.05) is 11.4 Å². The molecule has 0 saturated heterocycles. The molecule has 1 heterocycles. The van der Waals surface area contributed by atoms with Gasteiger partial charge in [0, 0.05) is 30.1 Å². The lowest BCUT2D eigenvalue weighted by molar-refractivity contribution is -0.120. The van der Waals surface area contributed by atoms with Crippen molar-refractivity contribution in [3.05, 3.63) is 29.8 Å². The Morgan fingerprint density at radius 1 is 1.44 bits per heavy atom. The second-order valence-corrected chi connectivity index (χ2v) is 5.86. The highest BCUT2D eigenvalue weighted by Crippen LogP contribution is 2.38. The van der Waals surface area contributed by atoms with Crippen LogP contribution in [0.3, 0.4) is 0 Å². The van der Waals surface area contributed by atoms with Crippen LogP contribution in [0.25, 0.3) is 0 Å². The van der Waals surface area contributed by atoms with Crippen molar-refractivity contribution in [3.63, 3.8) is 0 Å². The molecule has 1 saturated carbocycles. The van der Waals surface area contributed by atoms with E-state index in [2.05, 4.69) is 13.0 Å². The van der Waals surface area contributed by atoms with E-state index in [9.17, 15) is 4.79 Å². The van der Waals surface area contributed by atoms with Gasteiger partial charge in [0.25, 0.3) is 0 Å². The molecule has 3 rings (SSSR count). The first kappa shape index (κ1) is 11.7. The Bertz CT molecular complexity index is 479. The molecular weight excluding hydrogens is 224 g/mol. The molecule has 1 atom stereocenters. The molecule has 96 valence electrons. The quantitative estimate of drug-likeness (QED) is 0.868. The Morgan fingerprint density at radius 2 is 2.17 bits per heavy atom. The maximum Gasteiger partial charge on any atom is 0.228 e. The van der Waals surface area contributed by atoms with E-state index in [1.54, 1.807) is 0 Å². The van der Waals surface area contributed by atoms with Crippen LogP contribution < -0.4 is 10.6 Å². The molecule has 2 aliphatic rings. The Morgan fingerprint density at radius 3 is 2.83 bits per heavy atom. The summed E-state index contributed by atoms with van der Waals surface area (Å²) in [5.41, 5.74) is 8.32. The maximum absolute atomic E-state index is 12.4. The van der Waals surface area contributed by atoms with E-state index in [1.807, 2.05) is 23.1 Å². The van der Waals surface area contributed by atoms with Gasteiger partial charge in [-0.05, 0) is 30.9 Å². The molecule has 1 fully saturated rings. The minimum absolute atomic E-state index is 0.189. The predicted molar refractivity (Wildman–Crippen MR) is 72.6 cm³/mol. The molecule has 0 aromatic heterocycles. The summed E-state index contributed by atoms with van der Waals surface area (Å²) in [6.45, 7) is 2.97. The Balaban J connectivity index is 1.80. The van der Waals surface area contributed by atoms with Gasteiger partial charge >= 0.3 is 0 Å². The summed E-state index contributed by atoms with van der Waals surface area (Å²) in [5.74, 6) is 0.620. The molecule has 1 aliphatic heterocycles. The molecule has 3 nitrogen and oxygen atoms in total. The van der Waals surface area contributed by atoms with Crippen LogP contribution in [-0.2, 0) is 4.79 Å². The molecule has 18 heavy (non-hydrogen) atoms. The molecule has 1 amide bonds. The van der Waals surface area contributed by atoms with Crippen LogP contribution in [0.1, 0.15) is 44.1 Å². The normalized spacial score (nSPS) is 24.6. The summed E-state index contributed by atoms with van der Waals surface area (Å²) >= 11 is 0. The minimum Gasteiger partial charge on any atom is -0.325 e. The van der Waals surface area contributed by atoms with Gasteiger partial charge in [0.05, 0.1) is 0 Å². The zero-order valence-electron chi connectivity index (χ0n) is 10.9. The van der Waals surface area contributed by atoms with Gasteiger partial charge in [0.15, 0.2) is 0 Å². The number of hydrogen-bond donors (Lipinski definition) is 1. The van der Waals surface area contributed by atoms with Crippen LogP contribution in [-0.4, -0.2) is 18.0 Å². The molecule has 1 aromatic rings. The number of rotatable bonds is 2. The van der Waals surface area contributed by atoms with E-state index in [1.165, 1.54) is 5.56 Å². The van der Waals surface area contributed by atoms with Gasteiger partial charge in [-0.15, -0.1) is 0 Å². The largest absolute Gasteiger partial charge is 0.325 e. The third kappa shape index (κ3) is 1.83. The van der Waals surface area contributed by atoms with Crippen molar-refractivity contribution in [3.8, 4) is 0 Å². The van der Waals surface area contributed by atoms with Crippen molar-refractivity contribution >= 4 is 11.6 Å². The number of benzene rings is 1. The fourth-order valence-electron chi connectivity index (χ4n) is 3.06. The molecule has 3 heteroatoms. The first-order valence-corrected chi connectivity index (χ1v) is 6.77. The van der Waals surface area contributed by atoms with Crippen molar-refractivity contribution in [2.24, 2.45) is 5.73 Å². The van der Waals surface area contributed by atoms with Crippen molar-refractivity contribution in [1.82, 2.24) is 0 Å². The van der Waals surface area contributed by atoms with E-state index in [4.69, 9.17) is 5.73 Å². The number of fused-ring (bicyclic) bond motifs is 1. The number of anilines is 1. The molecule has 0 bridgehead atoms. The standard InChI is InChI=1S/C15H20N2O/c1-11-10-17(13-6-3-2-5-12(11)13)14(18)9-15(16)7-4-8-15/h2-3,5-6,11H,4,7-10,16H2,1H3. The highest BCUT2D eigenvalue weighted by molar-refractivity contribution is 5.96. The van der Waals surface area contributed by atoms with E-state index in [0.717, 1.165) is 31.5 Å². The molecule has 2 N–H and O–H groups in total. The lowest BCUT2D eigenvalue weighted by atomic mass is 9.75. The van der Waals surface area contributed by atoms with Crippen molar-refractivity contribution in [2.45, 2.75) is 44.1 Å². The molecule has 1 aromatic carbocycles. The van der Waals surface area contributed by atoms with E-state index in [0.29, 0.717) is 12.3 Å². The van der Waals surface area contributed by atoms with Crippen molar-refractivity contribution in [1.29, 1.82) is 0 Å². The first-order valence-electron chi connectivity index (χ1n) is 6.77. The van der Waals surface area contributed by atoms with Gasteiger partial charge in [-0.1, -0.05) is 25.1 Å². The first-order chi connectivity index (χ1) is 8.59. The number of carbonyl (C=O) groups excluding carboxylic acids is 1. The number of nitrogens with zero attached hydrogens (tertiary/aromatic N) is 1. The monoisotopic (exact) mass is 244 g/mol. The zero-order chi connectivity index (χ0) is 12.8. The average molecular weight is 244 g/mol. The maximum atomic E-state index is 12.4. The molecule has 0 radical (unpaired) electrons. The number of para-hydroxylation sites is 1. The van der Waals surface area contributed by atoms with Crippen molar-refractivity contribution < 1.29 is 4.79 Å². The Hall–Kier alpha value is -1.35. The molecule has 0 spiro atoms. The van der Waals surface area contributed by atoms with E-state index in [-0.39, 0.29) is 11.4 Å². The van der Waals surface area contributed by atoms with Crippen LogP contribution in [0.2, 0.25) is 0 Å². The van der Waals surface area contributed by atoms with Crippen LogP contribution in [0, 0.1) is 0 Å². The predicted octanol–water partition coefficient (Wildman–Crippen LogP) is 2.41. The lowest BCUT2D eigenvalue weighted by Crippen LogP contribution is -2.50. The summed E-state index contributed by atoms with van der Waals surface area (Å²) in [6, 6.07) is 8.20. The SMILES string of the molecule is CC1CN(C(=O)CC2(N)CCC2)c2ccccc21. The smallest absolute Gasteiger partial charge is 0.228 e. The molecule has 1 aliphatic carbocycles. The Kier molecular flexibility index (Phi) is 2.67. The Labute approximate surface area is 108 Å². The fourth-order valence-corrected chi connectivity index (χ4v) is 3.06. The van der Waals surface area contributed by atoms with Crippen LogP contribution in [0.4, 0.5) is 5.69 Å². The summed E-state index contributed by atoms with van der Waals surface area (Å²) in [5, 5.41) is 0. The number of hydrogen-bond acceptors (Lipinski definition) is 2. The fraction of sp³-hybridized carbons (Fsp3) is 0.533. The minimum atomic E-state index is -0.224. The van der Waals surface area contributed by atoms with Gasteiger partial charge in [-0.3, -0.25) is 4.79 Å². The van der Waals surface area contributed by atoms with Crippen LogP contribution in [0.5, 0.6) is 0 Å². The zero-order valence-corrected chi connectivity index (χ0v) is 10.9. The van der Waals surface area contributed by atoms with Gasteiger partial charge in [-0.2, -0.15) is 0 Å². The van der Waals surface area contributed by atoms with E-state index >= 15 is 0 Å². The van der Waals surface area contributed by atoms with Crippen LogP contribution >= 0.6 is 0 Å². The topological polar surface area (TPSA) is 46.3 Å². The highest BCUT2D eigenvalue weighted by atomic mass is 16.2. The summed E-state index contributed by atoms with van der Waals surface area (Å²) in [6.07, 6.45) is 3.64. The second-order valence-electron chi connectivity index (χ2n) is 5.86. The van der Waals surface area contributed by atoms with E-state index < -0.39 is 0 Å². The average Bonchev–Trinajstić information content (AvgIpc) is 2.66. The number of carbonyl (C=O) groups is 1. The lowest BCUT2D eigenvalue weighted by Gasteiger charge is -2.38. The van der Waals surface area contributed by atoms with Gasteiger partial charge < -0.3 is 10.6 Å². The third-order valence-electron chi connectivity index (χ3n) is 4.37. The summed E-state index contributed by atoms with van der Waals surface area (Å²) in [4.78, 5) is 14.3.